The van der Waals surface area contributed by atoms with Crippen LogP contribution in [0.25, 0.3) is 17.2 Å². The summed E-state index contributed by atoms with van der Waals surface area (Å²) in [5.74, 6) is -0.379. The summed E-state index contributed by atoms with van der Waals surface area (Å²) in [4.78, 5) is 58.9. The Kier molecular flexibility index (Phi) is 8.16. The summed E-state index contributed by atoms with van der Waals surface area (Å²) in [7, 11) is 2.15. The molecule has 2 saturated heterocycles. The molecule has 3 aromatic heterocycles. The maximum atomic E-state index is 15.1. The zero-order valence-electron chi connectivity index (χ0n) is 31.8. The molecule has 2 unspecified atom stereocenters. The Morgan fingerprint density at radius 3 is 2.58 bits per heavy atom. The number of benzene rings is 2. The first-order chi connectivity index (χ1) is 27.4. The molecule has 0 radical (unpaired) electrons. The van der Waals surface area contributed by atoms with Gasteiger partial charge in [-0.25, -0.2) is 14.4 Å². The van der Waals surface area contributed by atoms with E-state index < -0.39 is 34.9 Å². The fraction of sp³-hybridized carbons (Fsp3) is 0.439. The standard InChI is InChI=1S/C41H41ClFN9O5/c1-21-35(54)33(45-20-44-21)38(56)50-12-10-41(11-13-50)32-34(22(2)57-41)51(18-31(53)46-30-15-29(43)27(14-28(30)42)23-4-5-23)39-47-36(48-52(39)37(32)55)24-6-8-25(9-7-24)40-16-26(40)17-49(3)19-40/h6-9,14-15,20,22-23,26,54H,4-5,10-13,16-19H2,1-3H3,(H,46,53)/t22?,26?,40-/m0/s1. The molecule has 4 fully saturated rings. The van der Waals surface area contributed by atoms with E-state index in [2.05, 4.69) is 39.4 Å². The number of aromatic nitrogens is 6. The van der Waals surface area contributed by atoms with Crippen molar-refractivity contribution in [1.82, 2.24) is 38.9 Å². The third-order valence-corrected chi connectivity index (χ3v) is 13.1. The van der Waals surface area contributed by atoms with Crippen molar-refractivity contribution < 1.29 is 23.8 Å². The van der Waals surface area contributed by atoms with E-state index >= 15 is 4.39 Å². The lowest BCUT2D eigenvalue weighted by Gasteiger charge is -2.39. The van der Waals surface area contributed by atoms with Crippen LogP contribution in [0, 0.1) is 18.7 Å². The second-order valence-corrected chi connectivity index (χ2v) is 16.9. The minimum absolute atomic E-state index is 0.0906. The normalized spacial score (nSPS) is 23.6. The second kappa shape index (κ2) is 12.9. The molecule has 1 spiro atoms. The van der Waals surface area contributed by atoms with Gasteiger partial charge in [-0.1, -0.05) is 35.9 Å². The van der Waals surface area contributed by atoms with Gasteiger partial charge in [-0.3, -0.25) is 14.4 Å². The number of ether oxygens (including phenoxy) is 1. The molecular formula is C41H41ClFN9O5. The number of aryl methyl sites for hydroxylation is 1. The molecule has 5 aliphatic rings. The van der Waals surface area contributed by atoms with Crippen molar-refractivity contribution in [2.45, 2.75) is 75.5 Å². The smallest absolute Gasteiger partial charge is 0.282 e. The van der Waals surface area contributed by atoms with Gasteiger partial charge in [-0.05, 0) is 88.1 Å². The highest BCUT2D eigenvalue weighted by Crippen LogP contribution is 2.58. The van der Waals surface area contributed by atoms with Gasteiger partial charge in [0.15, 0.2) is 17.3 Å². The summed E-state index contributed by atoms with van der Waals surface area (Å²) in [6.45, 7) is 5.64. The first-order valence-corrected chi connectivity index (χ1v) is 19.8. The lowest BCUT2D eigenvalue weighted by molar-refractivity contribution is -0.116. The highest BCUT2D eigenvalue weighted by atomic mass is 35.5. The Hall–Kier alpha value is -5.25. The number of fused-ring (bicyclic) bond motifs is 4. The van der Waals surface area contributed by atoms with Crippen LogP contribution in [0.2, 0.25) is 5.02 Å². The van der Waals surface area contributed by atoms with Crippen molar-refractivity contribution in [3.8, 4) is 17.1 Å². The van der Waals surface area contributed by atoms with Gasteiger partial charge in [-0.15, -0.1) is 5.10 Å². The zero-order valence-corrected chi connectivity index (χ0v) is 32.5. The minimum Gasteiger partial charge on any atom is -0.504 e. The SMILES string of the molecule is Cc1ncnc(C(=O)N2CCC3(CC2)OC(C)c2c3c(=O)n3nc(-c4ccc([C@@]56CC5CN(C)C6)cc4)nc3n2CC(=O)Nc2cc(F)c(C3CC3)cc2Cl)c1O. The van der Waals surface area contributed by atoms with Gasteiger partial charge in [0.1, 0.15) is 24.3 Å². The molecule has 57 heavy (non-hydrogen) atoms. The van der Waals surface area contributed by atoms with Crippen LogP contribution in [-0.2, 0) is 27.1 Å². The zero-order chi connectivity index (χ0) is 39.5. The molecule has 0 bridgehead atoms. The third-order valence-electron chi connectivity index (χ3n) is 12.8. The Bertz CT molecular complexity index is 2580. The Morgan fingerprint density at radius 1 is 1.12 bits per heavy atom. The lowest BCUT2D eigenvalue weighted by atomic mass is 9.85. The number of rotatable bonds is 7. The average Bonchev–Trinajstić information content (AvgIpc) is 4.04. The summed E-state index contributed by atoms with van der Waals surface area (Å²) in [6.07, 6.45) is 4.09. The maximum Gasteiger partial charge on any atom is 0.282 e. The Morgan fingerprint density at radius 2 is 1.88 bits per heavy atom. The number of carbonyl (C=O) groups is 2. The van der Waals surface area contributed by atoms with Gasteiger partial charge in [0.25, 0.3) is 11.5 Å². The van der Waals surface area contributed by atoms with Crippen LogP contribution in [-0.4, -0.2) is 89.1 Å². The van der Waals surface area contributed by atoms with E-state index in [-0.39, 0.29) is 71.7 Å². The van der Waals surface area contributed by atoms with Gasteiger partial charge in [0, 0.05) is 37.2 Å². The molecule has 5 aromatic rings. The fourth-order valence-corrected chi connectivity index (χ4v) is 9.92. The number of halogens is 2. The average molecular weight is 794 g/mol. The number of nitrogens with one attached hydrogen (secondary N) is 1. The molecule has 2 N–H and O–H groups in total. The van der Waals surface area contributed by atoms with Gasteiger partial charge >= 0.3 is 0 Å². The fourth-order valence-electron chi connectivity index (χ4n) is 9.70. The quantitative estimate of drug-likeness (QED) is 0.227. The molecule has 10 rings (SSSR count). The Labute approximate surface area is 331 Å². The van der Waals surface area contributed by atoms with E-state index in [1.54, 1.807) is 22.5 Å². The Balaban J connectivity index is 1.02. The molecule has 14 nitrogen and oxygen atoms in total. The molecule has 2 aliphatic carbocycles. The van der Waals surface area contributed by atoms with Gasteiger partial charge in [0.05, 0.1) is 33.8 Å². The largest absolute Gasteiger partial charge is 0.504 e. The highest BCUT2D eigenvalue weighted by molar-refractivity contribution is 6.33. The second-order valence-electron chi connectivity index (χ2n) is 16.5. The van der Waals surface area contributed by atoms with E-state index in [4.69, 9.17) is 26.4 Å². The number of nitrogens with zero attached hydrogens (tertiary/aromatic N) is 8. The van der Waals surface area contributed by atoms with Gasteiger partial charge < -0.3 is 29.5 Å². The van der Waals surface area contributed by atoms with Crippen molar-refractivity contribution in [2.75, 3.05) is 38.5 Å². The summed E-state index contributed by atoms with van der Waals surface area (Å²) in [5.41, 5.74) is 2.38. The molecule has 6 heterocycles. The number of amides is 2. The van der Waals surface area contributed by atoms with E-state index in [9.17, 15) is 19.5 Å². The molecular weight excluding hydrogens is 753 g/mol. The van der Waals surface area contributed by atoms with Crippen molar-refractivity contribution in [2.24, 2.45) is 5.92 Å². The monoisotopic (exact) mass is 793 g/mol. The number of hydrogen-bond donors (Lipinski definition) is 2. The van der Waals surface area contributed by atoms with Crippen LogP contribution >= 0.6 is 11.6 Å². The maximum absolute atomic E-state index is 15.1. The molecule has 2 amide bonds. The molecule has 2 saturated carbocycles. The van der Waals surface area contributed by atoms with Crippen LogP contribution in [0.15, 0.2) is 47.5 Å². The van der Waals surface area contributed by atoms with Crippen LogP contribution in [0.1, 0.15) is 89.6 Å². The summed E-state index contributed by atoms with van der Waals surface area (Å²) in [6, 6.07) is 11.1. The highest BCUT2D eigenvalue weighted by Gasteiger charge is 2.59. The third kappa shape index (κ3) is 5.76. The number of hydrogen-bond acceptors (Lipinski definition) is 10. The van der Waals surface area contributed by atoms with Crippen LogP contribution in [0.4, 0.5) is 10.1 Å². The molecule has 3 aliphatic heterocycles. The molecule has 16 heteroatoms. The van der Waals surface area contributed by atoms with E-state index in [0.29, 0.717) is 34.3 Å². The van der Waals surface area contributed by atoms with Gasteiger partial charge in [-0.2, -0.15) is 9.50 Å². The van der Waals surface area contributed by atoms with E-state index in [0.717, 1.165) is 31.5 Å². The minimum atomic E-state index is -1.11. The van der Waals surface area contributed by atoms with Gasteiger partial charge in [0.2, 0.25) is 11.7 Å². The predicted octanol–water partition coefficient (Wildman–Crippen LogP) is 5.10. The van der Waals surface area contributed by atoms with E-state index in [1.165, 1.54) is 28.9 Å². The lowest BCUT2D eigenvalue weighted by Crippen LogP contribution is -2.47. The number of aromatic hydroxyl groups is 1. The first kappa shape index (κ1) is 36.1. The summed E-state index contributed by atoms with van der Waals surface area (Å²) < 4.78 is 24.6. The number of carbonyl (C=O) groups excluding carboxylic acids is 2. The topological polar surface area (TPSA) is 160 Å². The van der Waals surface area contributed by atoms with E-state index in [1.807, 2.05) is 19.1 Å². The molecule has 3 atom stereocenters. The summed E-state index contributed by atoms with van der Waals surface area (Å²) >= 11 is 6.55. The van der Waals surface area contributed by atoms with Crippen molar-refractivity contribution in [1.29, 1.82) is 0 Å². The number of piperidine rings is 2. The van der Waals surface area contributed by atoms with Crippen LogP contribution < -0.4 is 10.9 Å². The van der Waals surface area contributed by atoms with Crippen molar-refractivity contribution in [3.05, 3.63) is 97.7 Å². The number of likely N-dealkylation sites (tertiary alicyclic amines) is 2. The van der Waals surface area contributed by atoms with Crippen molar-refractivity contribution in [3.63, 3.8) is 0 Å². The number of likely N-dealkylation sites (N-methyl/N-ethyl adjacent to an activating group) is 1. The molecule has 294 valence electrons. The number of anilines is 1. The van der Waals surface area contributed by atoms with Crippen molar-refractivity contribution >= 4 is 34.9 Å². The predicted molar refractivity (Wildman–Crippen MR) is 207 cm³/mol. The van der Waals surface area contributed by atoms with Crippen LogP contribution in [0.5, 0.6) is 5.75 Å². The van der Waals surface area contributed by atoms with Crippen LogP contribution in [0.3, 0.4) is 0 Å². The molecule has 2 aromatic carbocycles. The first-order valence-electron chi connectivity index (χ1n) is 19.5. The summed E-state index contributed by atoms with van der Waals surface area (Å²) in [5, 5.41) is 18.3.